The maximum atomic E-state index is 8.68. The van der Waals surface area contributed by atoms with Crippen molar-refractivity contribution in [2.75, 3.05) is 4.90 Å². The van der Waals surface area contributed by atoms with Gasteiger partial charge in [-0.1, -0.05) is 97.0 Å². The van der Waals surface area contributed by atoms with Crippen LogP contribution in [0.4, 0.5) is 17.1 Å². The lowest BCUT2D eigenvalue weighted by molar-refractivity contribution is 0.310. The first-order valence-electron chi connectivity index (χ1n) is 19.0. The summed E-state index contributed by atoms with van der Waals surface area (Å²) in [4.78, 5) is 11.2. The highest BCUT2D eigenvalue weighted by Crippen LogP contribution is 2.36. The van der Waals surface area contributed by atoms with Crippen LogP contribution < -0.4 is 16.3 Å². The molecule has 2 heterocycles. The molecule has 0 spiro atoms. The molecular weight excluding hydrogens is 645 g/mol. The molecule has 0 aliphatic rings. The third-order valence-electron chi connectivity index (χ3n) is 8.36. The van der Waals surface area contributed by atoms with Crippen LogP contribution in [-0.2, 0) is 0 Å². The molecule has 0 fully saturated rings. The van der Waals surface area contributed by atoms with Crippen molar-refractivity contribution in [3.8, 4) is 28.4 Å². The zero-order chi connectivity index (χ0) is 38.9. The van der Waals surface area contributed by atoms with Crippen molar-refractivity contribution in [2.24, 2.45) is 0 Å². The van der Waals surface area contributed by atoms with Crippen molar-refractivity contribution in [1.82, 2.24) is 9.97 Å². The van der Waals surface area contributed by atoms with Crippen LogP contribution in [0.5, 0.6) is 17.2 Å². The molecule has 0 aliphatic heterocycles. The molecule has 246 valence electrons. The fraction of sp³-hybridized carbons (Fsp3) is 0.0455. The number of fused-ring (bicyclic) bond motifs is 2. The Morgan fingerprint density at radius 1 is 0.490 bits per heavy atom. The third kappa shape index (κ3) is 7.13. The van der Waals surface area contributed by atoms with Gasteiger partial charge in [0.25, 0.3) is 0 Å². The van der Waals surface area contributed by atoms with E-state index >= 15 is 0 Å². The SMILES string of the molecule is [2H]c1c([2H])c([2H])c(N(c2ccccc2)c2ccc(-c3ccc([O][Al]([O]c4cccc5ccc(C)nc45)[O]c4cccc5ccc(C)nc45)cc3)cc2)c([2H])c1[2H]. The lowest BCUT2D eigenvalue weighted by Crippen LogP contribution is -2.37. The van der Waals surface area contributed by atoms with E-state index in [1.165, 1.54) is 0 Å². The first kappa shape index (κ1) is 26.7. The molecule has 2 aromatic heterocycles. The van der Waals surface area contributed by atoms with Gasteiger partial charge >= 0.3 is 15.1 Å². The average Bonchev–Trinajstić information content (AvgIpc) is 3.22. The molecule has 0 saturated heterocycles. The number of hydrogen-bond donors (Lipinski definition) is 0. The van der Waals surface area contributed by atoms with Gasteiger partial charge in [-0.2, -0.15) is 0 Å². The Hall–Kier alpha value is -6.13. The Kier molecular flexibility index (Phi) is 7.53. The minimum atomic E-state index is -3.00. The molecule has 8 rings (SSSR count). The van der Waals surface area contributed by atoms with Crippen molar-refractivity contribution >= 4 is 54.0 Å². The van der Waals surface area contributed by atoms with Gasteiger partial charge in [-0.3, -0.25) is 0 Å². The van der Waals surface area contributed by atoms with E-state index in [0.717, 1.165) is 44.3 Å². The van der Waals surface area contributed by atoms with Crippen molar-refractivity contribution in [2.45, 2.75) is 13.8 Å². The van der Waals surface area contributed by atoms with Gasteiger partial charge in [-0.25, -0.2) is 9.97 Å². The highest BCUT2D eigenvalue weighted by atomic mass is 27.3. The summed E-state index contributed by atoms with van der Waals surface area (Å²) >= 11 is -3.00. The summed E-state index contributed by atoms with van der Waals surface area (Å²) in [6.45, 7) is 3.88. The van der Waals surface area contributed by atoms with Gasteiger partial charge in [0.2, 0.25) is 0 Å². The van der Waals surface area contributed by atoms with Gasteiger partial charge in [0.05, 0.1) is 12.6 Å². The monoisotopic (exact) mass is 684 g/mol. The minimum absolute atomic E-state index is 0.0726. The van der Waals surface area contributed by atoms with E-state index in [1.807, 2.05) is 153 Å². The number of para-hydroxylation sites is 4. The normalized spacial score (nSPS) is 12.3. The van der Waals surface area contributed by atoms with Gasteiger partial charge in [0, 0.05) is 39.2 Å². The van der Waals surface area contributed by atoms with E-state index in [-0.39, 0.29) is 17.8 Å². The average molecular weight is 685 g/mol. The van der Waals surface area contributed by atoms with Crippen LogP contribution in [0.3, 0.4) is 0 Å². The highest BCUT2D eigenvalue weighted by molar-refractivity contribution is 6.40. The smallest absolute Gasteiger partial charge is 0.577 e. The maximum Gasteiger partial charge on any atom is 1.20 e. The minimum Gasteiger partial charge on any atom is -0.577 e. The van der Waals surface area contributed by atoms with Gasteiger partial charge < -0.3 is 16.3 Å². The Bertz CT molecular complexity index is 2600. The first-order chi connectivity index (χ1) is 27.1. The number of pyridine rings is 2. The number of aromatic nitrogens is 2. The molecule has 0 amide bonds. The predicted octanol–water partition coefficient (Wildman–Crippen LogP) is 11.1. The number of benzene rings is 6. The largest absolute Gasteiger partial charge is 1.20 e. The molecule has 0 saturated carbocycles. The molecule has 0 N–H and O–H groups in total. The van der Waals surface area contributed by atoms with Crippen LogP contribution in [0.1, 0.15) is 18.2 Å². The molecule has 51 heavy (non-hydrogen) atoms. The number of rotatable bonds is 10. The summed E-state index contributed by atoms with van der Waals surface area (Å²) in [5.74, 6) is 1.70. The maximum absolute atomic E-state index is 8.68. The zero-order valence-electron chi connectivity index (χ0n) is 32.9. The molecule has 0 unspecified atom stereocenters. The van der Waals surface area contributed by atoms with Crippen molar-refractivity contribution < 1.29 is 18.2 Å². The van der Waals surface area contributed by atoms with E-state index in [9.17, 15) is 0 Å². The Morgan fingerprint density at radius 3 is 1.59 bits per heavy atom. The Balaban J connectivity index is 1.10. The van der Waals surface area contributed by atoms with E-state index in [4.69, 9.17) is 28.2 Å². The number of nitrogens with zero attached hydrogens (tertiary/aromatic N) is 3. The molecular formula is C44H34AlN3O3. The summed E-state index contributed by atoms with van der Waals surface area (Å²) in [6, 6.07) is 42.2. The lowest BCUT2D eigenvalue weighted by atomic mass is 10.0. The van der Waals surface area contributed by atoms with Gasteiger partial charge in [0.1, 0.15) is 22.5 Å². The summed E-state index contributed by atoms with van der Waals surface area (Å²) < 4.78 is 61.7. The molecule has 6 aromatic carbocycles. The molecule has 7 heteroatoms. The van der Waals surface area contributed by atoms with Crippen molar-refractivity contribution in [3.05, 3.63) is 181 Å². The first-order valence-corrected chi connectivity index (χ1v) is 17.9. The van der Waals surface area contributed by atoms with Crippen LogP contribution in [-0.4, -0.2) is 25.1 Å². The summed E-state index contributed by atoms with van der Waals surface area (Å²) in [5, 5.41) is 1.89. The second-order valence-corrected chi connectivity index (χ2v) is 13.2. The van der Waals surface area contributed by atoms with Crippen LogP contribution in [0, 0.1) is 13.8 Å². The zero-order valence-corrected chi connectivity index (χ0v) is 29.1. The lowest BCUT2D eigenvalue weighted by Gasteiger charge is -2.25. The second-order valence-electron chi connectivity index (χ2n) is 11.9. The van der Waals surface area contributed by atoms with Crippen LogP contribution in [0.25, 0.3) is 32.9 Å². The van der Waals surface area contributed by atoms with Crippen LogP contribution in [0.15, 0.2) is 170 Å². The molecule has 0 radical (unpaired) electrons. The van der Waals surface area contributed by atoms with Crippen molar-refractivity contribution in [3.63, 3.8) is 0 Å². The molecule has 8 aromatic rings. The fourth-order valence-electron chi connectivity index (χ4n) is 5.88. The van der Waals surface area contributed by atoms with E-state index in [1.54, 1.807) is 4.90 Å². The highest BCUT2D eigenvalue weighted by Gasteiger charge is 2.45. The molecule has 0 atom stereocenters. The van der Waals surface area contributed by atoms with Gasteiger partial charge in [0.15, 0.2) is 0 Å². The third-order valence-corrected chi connectivity index (χ3v) is 9.72. The van der Waals surface area contributed by atoms with Crippen molar-refractivity contribution in [1.29, 1.82) is 0 Å². The number of aryl methyl sites for hydroxylation is 2. The standard InChI is InChI=1S/C24H19NO.2C10H9NO.Al/c26-24-17-13-20(14-18-24)19-11-15-23(16-12-19)25(21-7-3-1-4-8-21)22-9-5-2-6-10-22;2*1-7-5-6-8-3-2-4-9(12)10(8)11-7;/h1-18,26H;2*2-6,12H,1H3;/q;;;+3/p-3/i1D,3D,4D,7D,8D;;;. The van der Waals surface area contributed by atoms with Gasteiger partial charge in [-0.05, 0) is 97.7 Å². The quantitative estimate of drug-likeness (QED) is 0.134. The van der Waals surface area contributed by atoms with Gasteiger partial charge in [-0.15, -0.1) is 0 Å². The summed E-state index contributed by atoms with van der Waals surface area (Å²) in [5.41, 5.74) is 6.38. The summed E-state index contributed by atoms with van der Waals surface area (Å²) in [6.07, 6.45) is 0. The molecule has 0 aliphatic carbocycles. The topological polar surface area (TPSA) is 56.7 Å². The van der Waals surface area contributed by atoms with Crippen LogP contribution in [0.2, 0.25) is 0 Å². The summed E-state index contributed by atoms with van der Waals surface area (Å²) in [7, 11) is 0. The number of anilines is 3. The molecule has 6 nitrogen and oxygen atoms in total. The Morgan fingerprint density at radius 2 is 1.02 bits per heavy atom. The van der Waals surface area contributed by atoms with Crippen LogP contribution >= 0.6 is 0 Å². The van der Waals surface area contributed by atoms with E-state index in [0.29, 0.717) is 28.6 Å². The van der Waals surface area contributed by atoms with E-state index < -0.39 is 33.3 Å². The van der Waals surface area contributed by atoms with E-state index in [2.05, 4.69) is 0 Å². The number of hydrogen-bond acceptors (Lipinski definition) is 6. The second kappa shape index (κ2) is 14.4. The predicted molar refractivity (Wildman–Crippen MR) is 207 cm³/mol. The molecule has 0 bridgehead atoms. The fourth-order valence-corrected chi connectivity index (χ4v) is 7.20. The Labute approximate surface area is 309 Å².